The average molecular weight is 405 g/mol. The van der Waals surface area contributed by atoms with Gasteiger partial charge in [-0.15, -0.1) is 0 Å². The van der Waals surface area contributed by atoms with Gasteiger partial charge in [-0.2, -0.15) is 0 Å². The lowest BCUT2D eigenvalue weighted by molar-refractivity contribution is -0.384. The van der Waals surface area contributed by atoms with Crippen LogP contribution in [0.25, 0.3) is 0 Å². The first-order valence-corrected chi connectivity index (χ1v) is 8.66. The average Bonchev–Trinajstić information content (AvgIpc) is 3.14. The van der Waals surface area contributed by atoms with E-state index in [1.807, 2.05) is 0 Å². The van der Waals surface area contributed by atoms with Crippen molar-refractivity contribution in [3.8, 4) is 0 Å². The van der Waals surface area contributed by atoms with E-state index >= 15 is 0 Å². The number of nitrogens with one attached hydrogen (secondary N) is 2. The number of esters is 1. The van der Waals surface area contributed by atoms with Crippen LogP contribution in [0.4, 0.5) is 11.4 Å². The zero-order chi connectivity index (χ0) is 21.9. The molecule has 0 atom stereocenters. The van der Waals surface area contributed by atoms with Crippen LogP contribution in [0.2, 0.25) is 0 Å². The van der Waals surface area contributed by atoms with E-state index in [1.165, 1.54) is 34.6 Å². The molecule has 0 bridgehead atoms. The summed E-state index contributed by atoms with van der Waals surface area (Å²) in [5.74, 6) is -1.65. The van der Waals surface area contributed by atoms with Crippen molar-refractivity contribution >= 4 is 29.2 Å². The summed E-state index contributed by atoms with van der Waals surface area (Å²) in [6, 6.07) is 2.59. The molecule has 0 spiro atoms. The quantitative estimate of drug-likeness (QED) is 0.425. The van der Waals surface area contributed by atoms with E-state index < -0.39 is 28.3 Å². The van der Waals surface area contributed by atoms with Crippen LogP contribution in [0.1, 0.15) is 41.7 Å². The molecule has 0 saturated heterocycles. The molecule has 2 aromatic rings. The first kappa shape index (κ1) is 21.7. The maximum Gasteiger partial charge on any atom is 0.325 e. The van der Waals surface area contributed by atoms with E-state index in [4.69, 9.17) is 4.74 Å². The van der Waals surface area contributed by atoms with Crippen molar-refractivity contribution in [1.29, 1.82) is 0 Å². The highest BCUT2D eigenvalue weighted by molar-refractivity contribution is 6.04. The molecule has 0 unspecified atom stereocenters. The molecule has 0 aliphatic heterocycles. The molecule has 29 heavy (non-hydrogen) atoms. The molecule has 2 rings (SSSR count). The Labute approximate surface area is 166 Å². The minimum atomic E-state index is -0.656. The Hall–Kier alpha value is -3.63. The van der Waals surface area contributed by atoms with E-state index in [9.17, 15) is 24.5 Å². The van der Waals surface area contributed by atoms with Crippen LogP contribution in [0.5, 0.6) is 0 Å². The number of rotatable bonds is 6. The number of ether oxygens (including phenoxy) is 1. The predicted octanol–water partition coefficient (Wildman–Crippen LogP) is 1.60. The van der Waals surface area contributed by atoms with Crippen LogP contribution in [-0.4, -0.2) is 44.0 Å². The number of hydrogen-bond acceptors (Lipinski definition) is 6. The number of aromatic nitrogens is 2. The zero-order valence-corrected chi connectivity index (χ0v) is 16.8. The summed E-state index contributed by atoms with van der Waals surface area (Å²) in [4.78, 5) is 46.7. The van der Waals surface area contributed by atoms with Crippen molar-refractivity contribution in [2.75, 3.05) is 11.9 Å². The summed E-state index contributed by atoms with van der Waals surface area (Å²) < 4.78 is 7.94. The summed E-state index contributed by atoms with van der Waals surface area (Å²) in [6.45, 7) is 4.87. The van der Waals surface area contributed by atoms with E-state index in [1.54, 1.807) is 27.8 Å². The second-order valence-electron chi connectivity index (χ2n) is 7.40. The second kappa shape index (κ2) is 8.17. The van der Waals surface area contributed by atoms with E-state index in [-0.39, 0.29) is 23.6 Å². The number of hydrogen-bond donors (Lipinski definition) is 2. The molecule has 2 aromatic heterocycles. The summed E-state index contributed by atoms with van der Waals surface area (Å²) in [6.07, 6.45) is 2.74. The Morgan fingerprint density at radius 1 is 1.07 bits per heavy atom. The fraction of sp³-hybridized carbons (Fsp3) is 0.389. The number of nitrogens with zero attached hydrogens (tertiary/aromatic N) is 3. The Morgan fingerprint density at radius 3 is 2.21 bits per heavy atom. The Bertz CT molecular complexity index is 966. The Kier molecular flexibility index (Phi) is 6.10. The fourth-order valence-corrected chi connectivity index (χ4v) is 2.55. The van der Waals surface area contributed by atoms with E-state index in [0.29, 0.717) is 5.69 Å². The van der Waals surface area contributed by atoms with Crippen LogP contribution in [0.3, 0.4) is 0 Å². The largest absolute Gasteiger partial charge is 0.459 e. The highest BCUT2D eigenvalue weighted by atomic mass is 16.6. The molecule has 2 heterocycles. The van der Waals surface area contributed by atoms with Gasteiger partial charge in [0.25, 0.3) is 17.5 Å². The molecule has 11 nitrogen and oxygen atoms in total. The van der Waals surface area contributed by atoms with Gasteiger partial charge in [0.2, 0.25) is 0 Å². The lowest BCUT2D eigenvalue weighted by atomic mass is 10.2. The van der Waals surface area contributed by atoms with Gasteiger partial charge in [0.05, 0.1) is 16.8 Å². The number of carbonyl (C=O) groups is 3. The first-order chi connectivity index (χ1) is 13.4. The summed E-state index contributed by atoms with van der Waals surface area (Å²) in [5, 5.41) is 15.9. The van der Waals surface area contributed by atoms with Crippen molar-refractivity contribution < 1.29 is 24.0 Å². The topological polar surface area (TPSA) is 137 Å². The van der Waals surface area contributed by atoms with Gasteiger partial charge in [0, 0.05) is 26.4 Å². The van der Waals surface area contributed by atoms with Gasteiger partial charge in [-0.1, -0.05) is 0 Å². The zero-order valence-electron chi connectivity index (χ0n) is 16.8. The van der Waals surface area contributed by atoms with Crippen LogP contribution < -0.4 is 10.6 Å². The normalized spacial score (nSPS) is 11.1. The molecule has 2 amide bonds. The SMILES string of the molecule is Cn1cc(NC(=O)c2cc([N+](=O)[O-])cn2C)cc1C(=O)NCC(=O)OC(C)(C)C. The molecule has 0 radical (unpaired) electrons. The van der Waals surface area contributed by atoms with E-state index in [0.717, 1.165) is 6.07 Å². The highest BCUT2D eigenvalue weighted by Gasteiger charge is 2.20. The fourth-order valence-electron chi connectivity index (χ4n) is 2.55. The number of anilines is 1. The summed E-state index contributed by atoms with van der Waals surface area (Å²) in [5.41, 5.74) is -0.231. The third-order valence-electron chi connectivity index (χ3n) is 3.74. The number of carbonyl (C=O) groups excluding carboxylic acids is 3. The molecule has 0 fully saturated rings. The van der Waals surface area contributed by atoms with Crippen molar-refractivity contribution in [3.63, 3.8) is 0 Å². The van der Waals surface area contributed by atoms with Crippen LogP contribution in [0.15, 0.2) is 24.5 Å². The van der Waals surface area contributed by atoms with Gasteiger partial charge >= 0.3 is 5.97 Å². The minimum absolute atomic E-state index is 0.0940. The first-order valence-electron chi connectivity index (χ1n) is 8.66. The Morgan fingerprint density at radius 2 is 1.66 bits per heavy atom. The van der Waals surface area contributed by atoms with E-state index in [2.05, 4.69) is 10.6 Å². The van der Waals surface area contributed by atoms with Crippen LogP contribution in [0, 0.1) is 10.1 Å². The standard InChI is InChI=1S/C18H23N5O6/c1-18(2,3)29-15(24)8-19-16(25)13-6-11(9-21(13)4)20-17(26)14-7-12(23(27)28)10-22(14)5/h6-7,9-10H,8H2,1-5H3,(H,19,25)(H,20,26). The number of aryl methyl sites for hydroxylation is 2. The molecule has 0 saturated carbocycles. The van der Waals surface area contributed by atoms with Crippen molar-refractivity contribution in [2.45, 2.75) is 26.4 Å². The van der Waals surface area contributed by atoms with Gasteiger partial charge in [-0.3, -0.25) is 24.5 Å². The third-order valence-corrected chi connectivity index (χ3v) is 3.74. The van der Waals surface area contributed by atoms with Gasteiger partial charge in [0.15, 0.2) is 0 Å². The maximum atomic E-state index is 12.4. The van der Waals surface area contributed by atoms with Crippen LogP contribution >= 0.6 is 0 Å². The molecule has 11 heteroatoms. The molecule has 2 N–H and O–H groups in total. The highest BCUT2D eigenvalue weighted by Crippen LogP contribution is 2.18. The number of amides is 2. The lowest BCUT2D eigenvalue weighted by Gasteiger charge is -2.19. The monoisotopic (exact) mass is 405 g/mol. The third kappa shape index (κ3) is 5.67. The maximum absolute atomic E-state index is 12.4. The smallest absolute Gasteiger partial charge is 0.325 e. The van der Waals surface area contributed by atoms with Gasteiger partial charge in [-0.05, 0) is 26.8 Å². The van der Waals surface area contributed by atoms with Crippen molar-refractivity contribution in [2.24, 2.45) is 14.1 Å². The molecule has 0 aromatic carbocycles. The van der Waals surface area contributed by atoms with Crippen LogP contribution in [-0.2, 0) is 23.6 Å². The summed E-state index contributed by atoms with van der Waals surface area (Å²) >= 11 is 0. The lowest BCUT2D eigenvalue weighted by Crippen LogP contribution is -2.35. The minimum Gasteiger partial charge on any atom is -0.459 e. The van der Waals surface area contributed by atoms with Crippen molar-refractivity contribution in [3.05, 3.63) is 46.0 Å². The van der Waals surface area contributed by atoms with Gasteiger partial charge in [-0.25, -0.2) is 0 Å². The second-order valence-corrected chi connectivity index (χ2v) is 7.40. The summed E-state index contributed by atoms with van der Waals surface area (Å²) in [7, 11) is 3.12. The molecule has 156 valence electrons. The molecule has 0 aliphatic carbocycles. The van der Waals surface area contributed by atoms with Gasteiger partial charge in [0.1, 0.15) is 23.5 Å². The van der Waals surface area contributed by atoms with Crippen molar-refractivity contribution in [1.82, 2.24) is 14.5 Å². The predicted molar refractivity (Wildman–Crippen MR) is 104 cm³/mol. The van der Waals surface area contributed by atoms with Gasteiger partial charge < -0.3 is 24.5 Å². The molecular weight excluding hydrogens is 382 g/mol. The molecular formula is C18H23N5O6. The molecule has 0 aliphatic rings. The number of nitro groups is 1. The Balaban J connectivity index is 2.04.